The highest BCUT2D eigenvalue weighted by Crippen LogP contribution is 2.27. The number of hydrogen-bond acceptors (Lipinski definition) is 3. The number of nitrogens with one attached hydrogen (secondary N) is 2. The van der Waals surface area contributed by atoms with Gasteiger partial charge in [0.15, 0.2) is 0 Å². The van der Waals surface area contributed by atoms with Crippen molar-refractivity contribution in [2.24, 2.45) is 5.92 Å². The van der Waals surface area contributed by atoms with Gasteiger partial charge in [-0.3, -0.25) is 4.79 Å². The number of anilines is 2. The molecule has 0 atom stereocenters. The van der Waals surface area contributed by atoms with Crippen molar-refractivity contribution in [3.05, 3.63) is 70.9 Å². The van der Waals surface area contributed by atoms with E-state index in [-0.39, 0.29) is 23.9 Å². The van der Waals surface area contributed by atoms with Crippen LogP contribution in [0.5, 0.6) is 0 Å². The lowest BCUT2D eigenvalue weighted by Crippen LogP contribution is -2.42. The highest BCUT2D eigenvalue weighted by Gasteiger charge is 2.24. The second-order valence-corrected chi connectivity index (χ2v) is 11.2. The highest BCUT2D eigenvalue weighted by atomic mass is 16.2. The molecule has 3 aromatic rings. The molecule has 2 aromatic carbocycles. The minimum atomic E-state index is -0.281. The smallest absolute Gasteiger partial charge is 0.315 e. The summed E-state index contributed by atoms with van der Waals surface area (Å²) in [7, 11) is 0. The summed E-state index contributed by atoms with van der Waals surface area (Å²) >= 11 is 0. The number of hydrogen-bond donors (Lipinski definition) is 2. The molecule has 198 valence electrons. The summed E-state index contributed by atoms with van der Waals surface area (Å²) in [4.78, 5) is 28.2. The summed E-state index contributed by atoms with van der Waals surface area (Å²) < 4.78 is 1.78. The van der Waals surface area contributed by atoms with E-state index in [0.717, 1.165) is 40.2 Å². The molecule has 0 saturated heterocycles. The second-order valence-electron chi connectivity index (χ2n) is 11.2. The lowest BCUT2D eigenvalue weighted by Gasteiger charge is -2.24. The summed E-state index contributed by atoms with van der Waals surface area (Å²) in [6.45, 7) is 16.9. The molecule has 37 heavy (non-hydrogen) atoms. The highest BCUT2D eigenvalue weighted by molar-refractivity contribution is 5.97. The minimum Gasteiger partial charge on any atom is -0.315 e. The predicted molar refractivity (Wildman–Crippen MR) is 152 cm³/mol. The number of nitrogens with zero attached hydrogens (tertiary/aromatic N) is 3. The zero-order chi connectivity index (χ0) is 27.3. The monoisotopic (exact) mass is 503 g/mol. The summed E-state index contributed by atoms with van der Waals surface area (Å²) in [5, 5.41) is 10.9. The molecule has 7 heteroatoms. The van der Waals surface area contributed by atoms with Crippen LogP contribution in [0, 0.1) is 26.7 Å². The van der Waals surface area contributed by atoms with Gasteiger partial charge in [0.05, 0.1) is 11.4 Å². The zero-order valence-corrected chi connectivity index (χ0v) is 23.5. The molecule has 0 spiro atoms. The number of carbonyl (C=O) groups excluding carboxylic acids is 2. The fourth-order valence-electron chi connectivity index (χ4n) is 4.04. The van der Waals surface area contributed by atoms with Crippen LogP contribution in [0.4, 0.5) is 16.3 Å². The Morgan fingerprint density at radius 3 is 2.16 bits per heavy atom. The molecule has 0 saturated carbocycles. The Morgan fingerprint density at radius 1 is 0.946 bits per heavy atom. The molecule has 0 aliphatic carbocycles. The molecule has 3 amide bonds. The van der Waals surface area contributed by atoms with E-state index in [1.807, 2.05) is 69.3 Å². The molecule has 0 aliphatic heterocycles. The van der Waals surface area contributed by atoms with Crippen LogP contribution in [0.1, 0.15) is 63.4 Å². The van der Waals surface area contributed by atoms with Crippen LogP contribution in [-0.4, -0.2) is 39.7 Å². The molecular weight excluding hydrogens is 462 g/mol. The van der Waals surface area contributed by atoms with E-state index in [0.29, 0.717) is 18.3 Å². The lowest BCUT2D eigenvalue weighted by molar-refractivity contribution is -0.116. The van der Waals surface area contributed by atoms with Crippen LogP contribution in [0.3, 0.4) is 0 Å². The van der Waals surface area contributed by atoms with Crippen molar-refractivity contribution >= 4 is 23.4 Å². The maximum Gasteiger partial charge on any atom is 0.322 e. The maximum absolute atomic E-state index is 13.3. The number of amides is 3. The molecule has 0 unspecified atom stereocenters. The predicted octanol–water partition coefficient (Wildman–Crippen LogP) is 6.61. The average Bonchev–Trinajstić information content (AvgIpc) is 3.23. The van der Waals surface area contributed by atoms with Gasteiger partial charge < -0.3 is 15.5 Å². The summed E-state index contributed by atoms with van der Waals surface area (Å²) in [5.41, 5.74) is 5.38. The van der Waals surface area contributed by atoms with Gasteiger partial charge in [-0.15, -0.1) is 0 Å². The Morgan fingerprint density at radius 2 is 1.57 bits per heavy atom. The third kappa shape index (κ3) is 7.21. The van der Waals surface area contributed by atoms with Crippen molar-refractivity contribution in [1.82, 2.24) is 14.7 Å². The molecule has 7 nitrogen and oxygen atoms in total. The number of urea groups is 1. The van der Waals surface area contributed by atoms with Crippen LogP contribution in [0.2, 0.25) is 0 Å². The van der Waals surface area contributed by atoms with E-state index in [9.17, 15) is 9.59 Å². The van der Waals surface area contributed by atoms with Gasteiger partial charge in [0, 0.05) is 23.7 Å². The van der Waals surface area contributed by atoms with Crippen molar-refractivity contribution in [2.45, 2.75) is 67.2 Å². The second kappa shape index (κ2) is 11.6. The molecule has 1 aromatic heterocycles. The molecule has 0 bridgehead atoms. The van der Waals surface area contributed by atoms with Gasteiger partial charge in [-0.25, -0.2) is 9.48 Å². The van der Waals surface area contributed by atoms with Crippen LogP contribution < -0.4 is 10.6 Å². The van der Waals surface area contributed by atoms with Gasteiger partial charge in [-0.1, -0.05) is 71.0 Å². The third-order valence-corrected chi connectivity index (χ3v) is 6.40. The average molecular weight is 504 g/mol. The molecule has 0 aliphatic rings. The molecular formula is C30H41N5O2. The van der Waals surface area contributed by atoms with Gasteiger partial charge in [-0.05, 0) is 55.9 Å². The summed E-state index contributed by atoms with van der Waals surface area (Å²) in [6.07, 6.45) is 0.794. The number of carbonyl (C=O) groups is 2. The SMILES string of the molecule is Cc1ccccc1-n1nc(C(C)(C)C)cc1NC(=O)CN(CCC(C)C)C(=O)Nc1c(C)cccc1C. The number of aromatic nitrogens is 2. The Kier molecular flexibility index (Phi) is 8.79. The van der Waals surface area contributed by atoms with E-state index >= 15 is 0 Å². The molecule has 1 heterocycles. The lowest BCUT2D eigenvalue weighted by atomic mass is 9.92. The number of rotatable bonds is 8. The Labute approximate surface area is 221 Å². The Balaban J connectivity index is 1.85. The third-order valence-electron chi connectivity index (χ3n) is 6.40. The van der Waals surface area contributed by atoms with Gasteiger partial charge in [0.1, 0.15) is 12.4 Å². The van der Waals surface area contributed by atoms with Gasteiger partial charge in [0.2, 0.25) is 5.91 Å². The van der Waals surface area contributed by atoms with Gasteiger partial charge in [-0.2, -0.15) is 5.10 Å². The number of aryl methyl sites for hydroxylation is 3. The first-order chi connectivity index (χ1) is 17.4. The largest absolute Gasteiger partial charge is 0.322 e. The number of para-hydroxylation sites is 2. The van der Waals surface area contributed by atoms with E-state index in [4.69, 9.17) is 5.10 Å². The molecule has 0 fully saturated rings. The first kappa shape index (κ1) is 28.0. The fourth-order valence-corrected chi connectivity index (χ4v) is 4.04. The zero-order valence-electron chi connectivity index (χ0n) is 23.5. The molecule has 0 radical (unpaired) electrons. The first-order valence-corrected chi connectivity index (χ1v) is 13.0. The van der Waals surface area contributed by atoms with Crippen LogP contribution >= 0.6 is 0 Å². The van der Waals surface area contributed by atoms with Crippen LogP contribution in [0.15, 0.2) is 48.5 Å². The van der Waals surface area contributed by atoms with Crippen molar-refractivity contribution in [1.29, 1.82) is 0 Å². The normalized spacial score (nSPS) is 11.5. The fraction of sp³-hybridized carbons (Fsp3) is 0.433. The van der Waals surface area contributed by atoms with E-state index < -0.39 is 0 Å². The Bertz CT molecular complexity index is 1230. The minimum absolute atomic E-state index is 0.0622. The van der Waals surface area contributed by atoms with Crippen molar-refractivity contribution in [3.8, 4) is 5.69 Å². The van der Waals surface area contributed by atoms with Crippen molar-refractivity contribution in [2.75, 3.05) is 23.7 Å². The maximum atomic E-state index is 13.3. The van der Waals surface area contributed by atoms with E-state index in [2.05, 4.69) is 45.3 Å². The summed E-state index contributed by atoms with van der Waals surface area (Å²) in [6, 6.07) is 15.5. The van der Waals surface area contributed by atoms with Gasteiger partial charge in [0.25, 0.3) is 0 Å². The topological polar surface area (TPSA) is 79.3 Å². The summed E-state index contributed by atoms with van der Waals surface area (Å²) in [5.74, 6) is 0.717. The van der Waals surface area contributed by atoms with Gasteiger partial charge >= 0.3 is 6.03 Å². The first-order valence-electron chi connectivity index (χ1n) is 13.0. The van der Waals surface area contributed by atoms with E-state index in [1.165, 1.54) is 0 Å². The van der Waals surface area contributed by atoms with Crippen LogP contribution in [-0.2, 0) is 10.2 Å². The van der Waals surface area contributed by atoms with Crippen molar-refractivity contribution < 1.29 is 9.59 Å². The van der Waals surface area contributed by atoms with Crippen molar-refractivity contribution in [3.63, 3.8) is 0 Å². The number of benzene rings is 2. The molecule has 3 rings (SSSR count). The Hall–Kier alpha value is -3.61. The van der Waals surface area contributed by atoms with E-state index in [1.54, 1.807) is 9.58 Å². The molecule has 2 N–H and O–H groups in total. The standard InChI is InChI=1S/C30H41N5O2/c1-20(2)16-17-34(29(37)32-28-22(4)13-11-14-23(28)5)19-27(36)31-26-18-25(30(6,7)8)33-35(26)24-15-10-9-12-21(24)3/h9-15,18,20H,16-17,19H2,1-8H3,(H,31,36)(H,32,37). The quantitative estimate of drug-likeness (QED) is 0.363. The van der Waals surface area contributed by atoms with Crippen LogP contribution in [0.25, 0.3) is 5.69 Å².